The number of carbonyl (C=O) groups excluding carboxylic acids is 2. The Balaban J connectivity index is 1.86. The Morgan fingerprint density at radius 3 is 2.52 bits per heavy atom. The highest BCUT2D eigenvalue weighted by Gasteiger charge is 2.24. The van der Waals surface area contributed by atoms with Crippen LogP contribution in [0.1, 0.15) is 29.8 Å². The lowest BCUT2D eigenvalue weighted by Gasteiger charge is -2.22. The van der Waals surface area contributed by atoms with Crippen molar-refractivity contribution in [3.05, 3.63) is 64.1 Å². The molecule has 27 heavy (non-hydrogen) atoms. The van der Waals surface area contributed by atoms with Gasteiger partial charge in [0.15, 0.2) is 0 Å². The quantitative estimate of drug-likeness (QED) is 0.624. The van der Waals surface area contributed by atoms with Crippen molar-refractivity contribution >= 4 is 27.7 Å². The second-order valence-corrected chi connectivity index (χ2v) is 7.58. The van der Waals surface area contributed by atoms with E-state index >= 15 is 0 Å². The molecular formula is C21H25BrN2O3. The van der Waals surface area contributed by atoms with Crippen molar-refractivity contribution in [1.82, 2.24) is 10.6 Å². The van der Waals surface area contributed by atoms with Crippen LogP contribution in [-0.2, 0) is 4.79 Å². The number of nitrogens with one attached hydrogen (secondary N) is 2. The standard InChI is InChI=1S/C21H25BrN2O3/c1-14(2)19(24-20(25)16-7-4-6-15(3)12-16)21(26)23-10-11-27-18-9-5-8-17(22)13-18/h4-9,12-14,19H,10-11H2,1-3H3,(H,23,26)(H,24,25). The van der Waals surface area contributed by atoms with E-state index in [0.29, 0.717) is 18.7 Å². The van der Waals surface area contributed by atoms with Crippen molar-refractivity contribution in [3.63, 3.8) is 0 Å². The number of carbonyl (C=O) groups is 2. The predicted molar refractivity (Wildman–Crippen MR) is 110 cm³/mol. The van der Waals surface area contributed by atoms with Crippen molar-refractivity contribution in [2.75, 3.05) is 13.2 Å². The molecule has 1 atom stereocenters. The summed E-state index contributed by atoms with van der Waals surface area (Å²) in [5.74, 6) is 0.221. The molecule has 1 unspecified atom stereocenters. The Morgan fingerprint density at radius 1 is 1.11 bits per heavy atom. The maximum atomic E-state index is 12.5. The number of ether oxygens (including phenoxy) is 1. The second-order valence-electron chi connectivity index (χ2n) is 6.66. The first-order valence-corrected chi connectivity index (χ1v) is 9.69. The predicted octanol–water partition coefficient (Wildman–Crippen LogP) is 3.71. The summed E-state index contributed by atoms with van der Waals surface area (Å²) in [6.07, 6.45) is 0. The van der Waals surface area contributed by atoms with E-state index in [1.165, 1.54) is 0 Å². The van der Waals surface area contributed by atoms with Gasteiger partial charge in [-0.2, -0.15) is 0 Å². The lowest BCUT2D eigenvalue weighted by atomic mass is 10.0. The van der Waals surface area contributed by atoms with Crippen LogP contribution in [0.25, 0.3) is 0 Å². The summed E-state index contributed by atoms with van der Waals surface area (Å²) in [5, 5.41) is 5.65. The van der Waals surface area contributed by atoms with E-state index in [-0.39, 0.29) is 17.7 Å². The fraction of sp³-hybridized carbons (Fsp3) is 0.333. The summed E-state index contributed by atoms with van der Waals surface area (Å²) in [6.45, 7) is 6.43. The molecule has 0 aliphatic heterocycles. The number of hydrogen-bond donors (Lipinski definition) is 2. The zero-order valence-corrected chi connectivity index (χ0v) is 17.4. The van der Waals surface area contributed by atoms with Gasteiger partial charge in [0, 0.05) is 10.0 Å². The Bertz CT molecular complexity index is 793. The van der Waals surface area contributed by atoms with Crippen LogP contribution in [0.2, 0.25) is 0 Å². The molecule has 2 amide bonds. The van der Waals surface area contributed by atoms with E-state index in [1.807, 2.05) is 57.2 Å². The number of rotatable bonds is 8. The van der Waals surface area contributed by atoms with Crippen LogP contribution in [0.4, 0.5) is 0 Å². The van der Waals surface area contributed by atoms with E-state index in [2.05, 4.69) is 26.6 Å². The molecule has 5 nitrogen and oxygen atoms in total. The number of benzene rings is 2. The fourth-order valence-electron chi connectivity index (χ4n) is 2.56. The number of hydrogen-bond acceptors (Lipinski definition) is 3. The highest BCUT2D eigenvalue weighted by atomic mass is 79.9. The van der Waals surface area contributed by atoms with Crippen LogP contribution < -0.4 is 15.4 Å². The average Bonchev–Trinajstić information content (AvgIpc) is 2.62. The molecule has 2 N–H and O–H groups in total. The van der Waals surface area contributed by atoms with Gasteiger partial charge in [0.2, 0.25) is 5.91 Å². The van der Waals surface area contributed by atoms with Gasteiger partial charge in [0.25, 0.3) is 5.91 Å². The summed E-state index contributed by atoms with van der Waals surface area (Å²) in [5.41, 5.74) is 1.55. The molecule has 0 saturated heterocycles. The molecule has 0 aliphatic carbocycles. The van der Waals surface area contributed by atoms with Gasteiger partial charge in [0.1, 0.15) is 18.4 Å². The van der Waals surface area contributed by atoms with Gasteiger partial charge < -0.3 is 15.4 Å². The Kier molecular flexibility index (Phi) is 7.85. The smallest absolute Gasteiger partial charge is 0.251 e. The molecule has 2 rings (SSSR count). The minimum Gasteiger partial charge on any atom is -0.492 e. The molecule has 0 aliphatic rings. The normalized spacial score (nSPS) is 11.7. The van der Waals surface area contributed by atoms with Gasteiger partial charge in [-0.3, -0.25) is 9.59 Å². The first kappa shape index (κ1) is 21.0. The third-order valence-corrected chi connectivity index (χ3v) is 4.48. The highest BCUT2D eigenvalue weighted by molar-refractivity contribution is 9.10. The minimum absolute atomic E-state index is 0.0373. The first-order chi connectivity index (χ1) is 12.9. The molecule has 0 heterocycles. The SMILES string of the molecule is Cc1cccc(C(=O)NC(C(=O)NCCOc2cccc(Br)c2)C(C)C)c1. The number of aryl methyl sites for hydroxylation is 1. The molecule has 2 aromatic rings. The van der Waals surface area contributed by atoms with Crippen molar-refractivity contribution in [1.29, 1.82) is 0 Å². The molecular weight excluding hydrogens is 408 g/mol. The third-order valence-electron chi connectivity index (χ3n) is 3.98. The topological polar surface area (TPSA) is 67.4 Å². The van der Waals surface area contributed by atoms with Crippen LogP contribution in [0, 0.1) is 12.8 Å². The molecule has 0 spiro atoms. The summed E-state index contributed by atoms with van der Waals surface area (Å²) >= 11 is 3.39. The Labute approximate surface area is 168 Å². The highest BCUT2D eigenvalue weighted by Crippen LogP contribution is 2.17. The minimum atomic E-state index is -0.608. The van der Waals surface area contributed by atoms with Crippen molar-refractivity contribution in [2.45, 2.75) is 26.8 Å². The molecule has 0 fully saturated rings. The summed E-state index contributed by atoms with van der Waals surface area (Å²) in [4.78, 5) is 24.9. The Hall–Kier alpha value is -2.34. The lowest BCUT2D eigenvalue weighted by Crippen LogP contribution is -2.50. The largest absolute Gasteiger partial charge is 0.492 e. The summed E-state index contributed by atoms with van der Waals surface area (Å²) in [6, 6.07) is 14.2. The van der Waals surface area contributed by atoms with Gasteiger partial charge in [-0.25, -0.2) is 0 Å². The molecule has 0 saturated carbocycles. The van der Waals surface area contributed by atoms with Gasteiger partial charge in [-0.05, 0) is 43.2 Å². The molecule has 6 heteroatoms. The zero-order chi connectivity index (χ0) is 19.8. The van der Waals surface area contributed by atoms with Crippen LogP contribution in [0.3, 0.4) is 0 Å². The first-order valence-electron chi connectivity index (χ1n) is 8.90. The van der Waals surface area contributed by atoms with E-state index in [9.17, 15) is 9.59 Å². The maximum absolute atomic E-state index is 12.5. The zero-order valence-electron chi connectivity index (χ0n) is 15.8. The van der Waals surface area contributed by atoms with Crippen LogP contribution in [-0.4, -0.2) is 31.0 Å². The van der Waals surface area contributed by atoms with E-state index in [1.54, 1.807) is 12.1 Å². The third kappa shape index (κ3) is 6.71. The summed E-state index contributed by atoms with van der Waals surface area (Å²) in [7, 11) is 0. The number of halogens is 1. The monoisotopic (exact) mass is 432 g/mol. The van der Waals surface area contributed by atoms with Crippen LogP contribution >= 0.6 is 15.9 Å². The van der Waals surface area contributed by atoms with Crippen molar-refractivity contribution in [3.8, 4) is 5.75 Å². The molecule has 0 bridgehead atoms. The van der Waals surface area contributed by atoms with Gasteiger partial charge >= 0.3 is 0 Å². The van der Waals surface area contributed by atoms with E-state index in [4.69, 9.17) is 4.74 Å². The van der Waals surface area contributed by atoms with Gasteiger partial charge in [-0.15, -0.1) is 0 Å². The van der Waals surface area contributed by atoms with Crippen LogP contribution in [0.15, 0.2) is 53.0 Å². The molecule has 0 aromatic heterocycles. The van der Waals surface area contributed by atoms with E-state index < -0.39 is 6.04 Å². The maximum Gasteiger partial charge on any atom is 0.251 e. The average molecular weight is 433 g/mol. The Morgan fingerprint density at radius 2 is 1.85 bits per heavy atom. The van der Waals surface area contributed by atoms with E-state index in [0.717, 1.165) is 15.8 Å². The molecule has 144 valence electrons. The van der Waals surface area contributed by atoms with Gasteiger partial charge in [0.05, 0.1) is 6.54 Å². The molecule has 0 radical (unpaired) electrons. The van der Waals surface area contributed by atoms with Crippen molar-refractivity contribution in [2.24, 2.45) is 5.92 Å². The van der Waals surface area contributed by atoms with Gasteiger partial charge in [-0.1, -0.05) is 53.5 Å². The summed E-state index contributed by atoms with van der Waals surface area (Å²) < 4.78 is 6.54. The number of amides is 2. The molecule has 2 aromatic carbocycles. The second kappa shape index (κ2) is 10.1. The van der Waals surface area contributed by atoms with Crippen molar-refractivity contribution < 1.29 is 14.3 Å². The van der Waals surface area contributed by atoms with Crippen LogP contribution in [0.5, 0.6) is 5.75 Å². The fourth-order valence-corrected chi connectivity index (χ4v) is 2.93. The lowest BCUT2D eigenvalue weighted by molar-refractivity contribution is -0.124.